The van der Waals surface area contributed by atoms with Crippen LogP contribution in [0.25, 0.3) is 0 Å². The number of hydrogen-bond acceptors (Lipinski definition) is 5. The van der Waals surface area contributed by atoms with Crippen molar-refractivity contribution in [1.82, 2.24) is 0 Å². The highest BCUT2D eigenvalue weighted by atomic mass is 16.5. The van der Waals surface area contributed by atoms with Crippen LogP contribution in [0, 0.1) is 0 Å². The van der Waals surface area contributed by atoms with E-state index in [1.165, 1.54) is 5.56 Å². The summed E-state index contributed by atoms with van der Waals surface area (Å²) in [4.78, 5) is 12.4. The zero-order valence-electron chi connectivity index (χ0n) is 20.8. The van der Waals surface area contributed by atoms with Crippen LogP contribution in [0.2, 0.25) is 0 Å². The Hall–Kier alpha value is -4.45. The second kappa shape index (κ2) is 14.2. The van der Waals surface area contributed by atoms with E-state index in [0.717, 1.165) is 35.7 Å². The standard InChI is InChI=1S/C31H32N2O4/c34-31(33-26-16-18-29(19-17-26)35-20-8-11-25-9-3-1-4-10-25)24-32-27-12-7-15-30(23-27)37-22-21-36-28-13-5-2-6-14-28/h1-7,9-10,12-19,23,32H,8,11,20-22,24H2,(H,33,34). The molecule has 0 aliphatic rings. The zero-order chi connectivity index (χ0) is 25.5. The van der Waals surface area contributed by atoms with E-state index in [9.17, 15) is 4.79 Å². The van der Waals surface area contributed by atoms with Gasteiger partial charge in [0.25, 0.3) is 0 Å². The monoisotopic (exact) mass is 496 g/mol. The molecule has 0 atom stereocenters. The van der Waals surface area contributed by atoms with Gasteiger partial charge in [-0.15, -0.1) is 0 Å². The summed E-state index contributed by atoms with van der Waals surface area (Å²) in [7, 11) is 0. The summed E-state index contributed by atoms with van der Waals surface area (Å²) in [5.74, 6) is 2.17. The molecule has 0 saturated carbocycles. The Balaban J connectivity index is 1.13. The molecule has 0 radical (unpaired) electrons. The number of carbonyl (C=O) groups is 1. The first kappa shape index (κ1) is 25.6. The number of rotatable bonds is 14. The molecule has 0 bridgehead atoms. The van der Waals surface area contributed by atoms with Crippen LogP contribution >= 0.6 is 0 Å². The van der Waals surface area contributed by atoms with Crippen molar-refractivity contribution in [3.05, 3.63) is 115 Å². The van der Waals surface area contributed by atoms with E-state index in [1.807, 2.05) is 84.9 Å². The minimum Gasteiger partial charge on any atom is -0.494 e. The molecule has 0 saturated heterocycles. The van der Waals surface area contributed by atoms with Crippen LogP contribution in [0.15, 0.2) is 109 Å². The van der Waals surface area contributed by atoms with Gasteiger partial charge in [0.05, 0.1) is 13.2 Å². The molecule has 1 amide bonds. The summed E-state index contributed by atoms with van der Waals surface area (Å²) in [6.45, 7) is 1.65. The van der Waals surface area contributed by atoms with Crippen LogP contribution in [0.5, 0.6) is 17.2 Å². The molecule has 0 aliphatic heterocycles. The van der Waals surface area contributed by atoms with Gasteiger partial charge in [0.2, 0.25) is 5.91 Å². The maximum absolute atomic E-state index is 12.4. The highest BCUT2D eigenvalue weighted by Crippen LogP contribution is 2.19. The van der Waals surface area contributed by atoms with Crippen molar-refractivity contribution in [2.45, 2.75) is 12.8 Å². The van der Waals surface area contributed by atoms with Crippen molar-refractivity contribution >= 4 is 17.3 Å². The topological polar surface area (TPSA) is 68.8 Å². The first-order chi connectivity index (χ1) is 18.2. The first-order valence-electron chi connectivity index (χ1n) is 12.5. The summed E-state index contributed by atoms with van der Waals surface area (Å²) in [5, 5.41) is 6.03. The normalized spacial score (nSPS) is 10.4. The lowest BCUT2D eigenvalue weighted by molar-refractivity contribution is -0.114. The van der Waals surface area contributed by atoms with Gasteiger partial charge in [0, 0.05) is 17.4 Å². The fraction of sp³-hybridized carbons (Fsp3) is 0.194. The molecular formula is C31H32N2O4. The Bertz CT molecular complexity index is 1210. The number of anilines is 2. The van der Waals surface area contributed by atoms with Crippen molar-refractivity contribution in [3.63, 3.8) is 0 Å². The lowest BCUT2D eigenvalue weighted by Gasteiger charge is -2.11. The molecule has 0 aliphatic carbocycles. The van der Waals surface area contributed by atoms with E-state index in [-0.39, 0.29) is 12.5 Å². The molecule has 6 nitrogen and oxygen atoms in total. The lowest BCUT2D eigenvalue weighted by Crippen LogP contribution is -2.21. The molecule has 0 aromatic heterocycles. The number of benzene rings is 4. The molecular weight excluding hydrogens is 464 g/mol. The Morgan fingerprint density at radius 3 is 1.97 bits per heavy atom. The van der Waals surface area contributed by atoms with Gasteiger partial charge in [-0.25, -0.2) is 0 Å². The molecule has 0 heterocycles. The molecule has 6 heteroatoms. The molecule has 37 heavy (non-hydrogen) atoms. The maximum Gasteiger partial charge on any atom is 0.243 e. The molecule has 4 aromatic rings. The van der Waals surface area contributed by atoms with Gasteiger partial charge in [-0.2, -0.15) is 0 Å². The van der Waals surface area contributed by atoms with E-state index in [1.54, 1.807) is 0 Å². The second-order valence-electron chi connectivity index (χ2n) is 8.40. The van der Waals surface area contributed by atoms with E-state index in [0.29, 0.717) is 25.6 Å². The Kier molecular flexibility index (Phi) is 9.83. The van der Waals surface area contributed by atoms with Crippen LogP contribution in [0.3, 0.4) is 0 Å². The van der Waals surface area contributed by atoms with Crippen molar-refractivity contribution in [2.24, 2.45) is 0 Å². The average molecular weight is 497 g/mol. The third kappa shape index (κ3) is 9.26. The van der Waals surface area contributed by atoms with Crippen molar-refractivity contribution < 1.29 is 19.0 Å². The quantitative estimate of drug-likeness (QED) is 0.203. The van der Waals surface area contributed by atoms with Crippen molar-refractivity contribution in [1.29, 1.82) is 0 Å². The summed E-state index contributed by atoms with van der Waals surface area (Å²) >= 11 is 0. The van der Waals surface area contributed by atoms with Crippen LogP contribution in [0.1, 0.15) is 12.0 Å². The molecule has 0 unspecified atom stereocenters. The third-order valence-corrected chi connectivity index (χ3v) is 5.51. The second-order valence-corrected chi connectivity index (χ2v) is 8.40. The van der Waals surface area contributed by atoms with Gasteiger partial charge in [0.15, 0.2) is 0 Å². The summed E-state index contributed by atoms with van der Waals surface area (Å²) in [6, 6.07) is 34.9. The fourth-order valence-corrected chi connectivity index (χ4v) is 3.66. The van der Waals surface area contributed by atoms with Gasteiger partial charge in [-0.05, 0) is 66.9 Å². The number of carbonyl (C=O) groups excluding carboxylic acids is 1. The maximum atomic E-state index is 12.4. The minimum absolute atomic E-state index is 0.137. The van der Waals surface area contributed by atoms with Crippen LogP contribution < -0.4 is 24.8 Å². The number of ether oxygens (including phenoxy) is 3. The predicted octanol–water partition coefficient (Wildman–Crippen LogP) is 6.21. The highest BCUT2D eigenvalue weighted by Gasteiger charge is 2.04. The van der Waals surface area contributed by atoms with E-state index < -0.39 is 0 Å². The number of hydrogen-bond donors (Lipinski definition) is 2. The predicted molar refractivity (Wildman–Crippen MR) is 148 cm³/mol. The average Bonchev–Trinajstić information content (AvgIpc) is 2.95. The Morgan fingerprint density at radius 2 is 1.22 bits per heavy atom. The van der Waals surface area contributed by atoms with E-state index >= 15 is 0 Å². The van der Waals surface area contributed by atoms with Gasteiger partial charge >= 0.3 is 0 Å². The smallest absolute Gasteiger partial charge is 0.243 e. The first-order valence-corrected chi connectivity index (χ1v) is 12.5. The zero-order valence-corrected chi connectivity index (χ0v) is 20.8. The van der Waals surface area contributed by atoms with Gasteiger partial charge in [0.1, 0.15) is 30.5 Å². The summed E-state index contributed by atoms with van der Waals surface area (Å²) in [6.07, 6.45) is 1.93. The number of para-hydroxylation sites is 1. The molecule has 190 valence electrons. The van der Waals surface area contributed by atoms with Crippen LogP contribution in [-0.4, -0.2) is 32.3 Å². The lowest BCUT2D eigenvalue weighted by atomic mass is 10.1. The summed E-state index contributed by atoms with van der Waals surface area (Å²) < 4.78 is 17.2. The van der Waals surface area contributed by atoms with Gasteiger partial charge in [-0.1, -0.05) is 54.6 Å². The Labute approximate surface area is 218 Å². The molecule has 2 N–H and O–H groups in total. The van der Waals surface area contributed by atoms with Gasteiger partial charge in [-0.3, -0.25) is 4.79 Å². The van der Waals surface area contributed by atoms with Crippen molar-refractivity contribution in [2.75, 3.05) is 37.0 Å². The fourth-order valence-electron chi connectivity index (χ4n) is 3.66. The number of nitrogens with one attached hydrogen (secondary N) is 2. The molecule has 4 rings (SSSR count). The minimum atomic E-state index is -0.140. The summed E-state index contributed by atoms with van der Waals surface area (Å²) in [5.41, 5.74) is 2.83. The SMILES string of the molecule is O=C(CNc1cccc(OCCOc2ccccc2)c1)Nc1ccc(OCCCc2ccccc2)cc1. The van der Waals surface area contributed by atoms with Crippen LogP contribution in [-0.2, 0) is 11.2 Å². The van der Waals surface area contributed by atoms with Crippen LogP contribution in [0.4, 0.5) is 11.4 Å². The Morgan fingerprint density at radius 1 is 0.595 bits per heavy atom. The number of amides is 1. The van der Waals surface area contributed by atoms with E-state index in [4.69, 9.17) is 14.2 Å². The van der Waals surface area contributed by atoms with Crippen molar-refractivity contribution in [3.8, 4) is 17.2 Å². The van der Waals surface area contributed by atoms with Gasteiger partial charge < -0.3 is 24.8 Å². The number of aryl methyl sites for hydroxylation is 1. The third-order valence-electron chi connectivity index (χ3n) is 5.51. The highest BCUT2D eigenvalue weighted by molar-refractivity contribution is 5.93. The molecule has 0 fully saturated rings. The molecule has 0 spiro atoms. The van der Waals surface area contributed by atoms with E-state index in [2.05, 4.69) is 34.9 Å². The largest absolute Gasteiger partial charge is 0.494 e. The molecule has 4 aromatic carbocycles.